The van der Waals surface area contributed by atoms with Gasteiger partial charge in [-0.25, -0.2) is 0 Å². The Labute approximate surface area is 123 Å². The van der Waals surface area contributed by atoms with Crippen LogP contribution in [-0.2, 0) is 7.05 Å². The van der Waals surface area contributed by atoms with E-state index in [-0.39, 0.29) is 12.2 Å². The van der Waals surface area contributed by atoms with Crippen molar-refractivity contribution in [3.8, 4) is 0 Å². The Morgan fingerprint density at radius 2 is 1.90 bits per heavy atom. The first-order valence-corrected chi connectivity index (χ1v) is 8.05. The van der Waals surface area contributed by atoms with Gasteiger partial charge in [-0.2, -0.15) is 0 Å². The van der Waals surface area contributed by atoms with Crippen LogP contribution < -0.4 is 5.56 Å². The summed E-state index contributed by atoms with van der Waals surface area (Å²) in [7, 11) is 1.81. The van der Waals surface area contributed by atoms with E-state index >= 15 is 0 Å². The molecule has 0 aliphatic rings. The molecule has 0 saturated carbocycles. The summed E-state index contributed by atoms with van der Waals surface area (Å²) < 4.78 is 1.70. The fourth-order valence-electron chi connectivity index (χ4n) is 2.25. The molecule has 0 aliphatic heterocycles. The Bertz CT molecular complexity index is 621. The zero-order chi connectivity index (χ0) is 14.4. The van der Waals surface area contributed by atoms with Crippen molar-refractivity contribution in [2.45, 2.75) is 30.6 Å². The molecule has 2 aromatic rings. The number of benzene rings is 1. The van der Waals surface area contributed by atoms with Crippen LogP contribution in [0.1, 0.15) is 25.7 Å². The first-order valence-electron chi connectivity index (χ1n) is 7.06. The lowest BCUT2D eigenvalue weighted by molar-refractivity contribution is 0.283. The summed E-state index contributed by atoms with van der Waals surface area (Å²) in [6, 6.07) is 9.77. The van der Waals surface area contributed by atoms with Crippen LogP contribution in [0.5, 0.6) is 0 Å². The maximum Gasteiger partial charge on any atom is 0.251 e. The second kappa shape index (κ2) is 7.50. The maximum absolute atomic E-state index is 11.9. The highest BCUT2D eigenvalue weighted by Gasteiger charge is 2.06. The lowest BCUT2D eigenvalue weighted by atomic mass is 10.2. The molecule has 3 nitrogen and oxygen atoms in total. The SMILES string of the molecule is Cn1c(=O)cc(SCCCCCCO)c2ccccc21. The minimum absolute atomic E-state index is 0.0477. The molecule has 0 fully saturated rings. The highest BCUT2D eigenvalue weighted by atomic mass is 32.2. The Morgan fingerprint density at radius 3 is 2.70 bits per heavy atom. The zero-order valence-corrected chi connectivity index (χ0v) is 12.7. The third kappa shape index (κ3) is 3.64. The normalized spacial score (nSPS) is 11.1. The van der Waals surface area contributed by atoms with Gasteiger partial charge < -0.3 is 9.67 Å². The summed E-state index contributed by atoms with van der Waals surface area (Å²) in [5.41, 5.74) is 1.04. The second-order valence-electron chi connectivity index (χ2n) is 4.91. The molecule has 0 unspecified atom stereocenters. The van der Waals surface area contributed by atoms with Crippen molar-refractivity contribution in [3.05, 3.63) is 40.7 Å². The monoisotopic (exact) mass is 291 g/mol. The first-order chi connectivity index (χ1) is 9.74. The maximum atomic E-state index is 11.9. The van der Waals surface area contributed by atoms with E-state index in [0.29, 0.717) is 0 Å². The Balaban J connectivity index is 2.07. The summed E-state index contributed by atoms with van der Waals surface area (Å²) in [4.78, 5) is 13.0. The third-order valence-corrected chi connectivity index (χ3v) is 4.57. The minimum Gasteiger partial charge on any atom is -0.396 e. The fourth-order valence-corrected chi connectivity index (χ4v) is 3.33. The molecule has 4 heteroatoms. The van der Waals surface area contributed by atoms with Gasteiger partial charge in [0.05, 0.1) is 5.52 Å². The summed E-state index contributed by atoms with van der Waals surface area (Å²) in [5.74, 6) is 1.02. The second-order valence-corrected chi connectivity index (χ2v) is 6.05. The molecule has 0 radical (unpaired) electrons. The van der Waals surface area contributed by atoms with E-state index in [9.17, 15) is 4.79 Å². The molecule has 1 heterocycles. The molecule has 20 heavy (non-hydrogen) atoms. The number of aliphatic hydroxyl groups excluding tert-OH is 1. The number of thioether (sulfide) groups is 1. The molecule has 0 bridgehead atoms. The minimum atomic E-state index is 0.0477. The van der Waals surface area contributed by atoms with Crippen molar-refractivity contribution >= 4 is 22.7 Å². The van der Waals surface area contributed by atoms with Gasteiger partial charge in [-0.05, 0) is 24.7 Å². The Kier molecular flexibility index (Phi) is 5.68. The quantitative estimate of drug-likeness (QED) is 0.629. The molecule has 108 valence electrons. The van der Waals surface area contributed by atoms with Gasteiger partial charge in [-0.1, -0.05) is 31.0 Å². The molecule has 0 aliphatic carbocycles. The van der Waals surface area contributed by atoms with E-state index in [1.807, 2.05) is 25.2 Å². The number of para-hydroxylation sites is 1. The summed E-state index contributed by atoms with van der Waals surface area (Å²) in [6.07, 6.45) is 4.22. The van der Waals surface area contributed by atoms with Crippen LogP contribution >= 0.6 is 11.8 Å². The first kappa shape index (κ1) is 15.1. The molecular formula is C16H21NO2S. The number of pyridine rings is 1. The lowest BCUT2D eigenvalue weighted by Gasteiger charge is -2.09. The van der Waals surface area contributed by atoms with Crippen molar-refractivity contribution in [1.82, 2.24) is 4.57 Å². The highest BCUT2D eigenvalue weighted by Crippen LogP contribution is 2.26. The van der Waals surface area contributed by atoms with Gasteiger partial charge >= 0.3 is 0 Å². The van der Waals surface area contributed by atoms with Crippen LogP contribution in [0, 0.1) is 0 Å². The largest absolute Gasteiger partial charge is 0.396 e. The van der Waals surface area contributed by atoms with Gasteiger partial charge in [0, 0.05) is 30.0 Å². The molecule has 0 spiro atoms. The number of aryl methyl sites for hydroxylation is 1. The van der Waals surface area contributed by atoms with E-state index in [0.717, 1.165) is 47.2 Å². The molecule has 0 atom stereocenters. The van der Waals surface area contributed by atoms with Crippen molar-refractivity contribution < 1.29 is 5.11 Å². The topological polar surface area (TPSA) is 42.2 Å². The number of hydrogen-bond donors (Lipinski definition) is 1. The number of aliphatic hydroxyl groups is 1. The Morgan fingerprint density at radius 1 is 1.15 bits per heavy atom. The fraction of sp³-hybridized carbons (Fsp3) is 0.438. The van der Waals surface area contributed by atoms with E-state index < -0.39 is 0 Å². The summed E-state index contributed by atoms with van der Waals surface area (Å²) in [5, 5.41) is 9.88. The van der Waals surface area contributed by atoms with Gasteiger partial charge in [-0.3, -0.25) is 4.79 Å². The lowest BCUT2D eigenvalue weighted by Crippen LogP contribution is -2.16. The van der Waals surface area contributed by atoms with E-state index in [4.69, 9.17) is 5.11 Å². The van der Waals surface area contributed by atoms with Crippen LogP contribution in [0.4, 0.5) is 0 Å². The number of unbranched alkanes of at least 4 members (excludes halogenated alkanes) is 3. The molecule has 1 N–H and O–H groups in total. The van der Waals surface area contributed by atoms with E-state index in [1.165, 1.54) is 0 Å². The predicted octanol–water partition coefficient (Wildman–Crippen LogP) is 3.18. The van der Waals surface area contributed by atoms with Crippen LogP contribution in [0.25, 0.3) is 10.9 Å². The standard InChI is InChI=1S/C16H21NO2S/c1-17-14-9-5-4-8-13(14)15(12-16(17)19)20-11-7-3-2-6-10-18/h4-5,8-9,12,18H,2-3,6-7,10-11H2,1H3. The zero-order valence-electron chi connectivity index (χ0n) is 11.8. The summed E-state index contributed by atoms with van der Waals surface area (Å²) >= 11 is 1.75. The molecule has 0 amide bonds. The number of hydrogen-bond acceptors (Lipinski definition) is 3. The van der Waals surface area contributed by atoms with Gasteiger partial charge in [0.2, 0.25) is 0 Å². The Hall–Kier alpha value is -1.26. The van der Waals surface area contributed by atoms with Crippen LogP contribution in [0.3, 0.4) is 0 Å². The number of nitrogens with zero attached hydrogens (tertiary/aromatic N) is 1. The number of aromatic nitrogens is 1. The van der Waals surface area contributed by atoms with E-state index in [1.54, 1.807) is 22.4 Å². The van der Waals surface area contributed by atoms with Crippen molar-refractivity contribution in [2.75, 3.05) is 12.4 Å². The smallest absolute Gasteiger partial charge is 0.251 e. The van der Waals surface area contributed by atoms with Gasteiger partial charge in [-0.15, -0.1) is 11.8 Å². The third-order valence-electron chi connectivity index (χ3n) is 3.43. The average Bonchev–Trinajstić information content (AvgIpc) is 2.47. The van der Waals surface area contributed by atoms with Crippen molar-refractivity contribution in [2.24, 2.45) is 7.05 Å². The number of rotatable bonds is 7. The molecule has 1 aromatic carbocycles. The van der Waals surface area contributed by atoms with Crippen LogP contribution in [0.2, 0.25) is 0 Å². The van der Waals surface area contributed by atoms with Crippen LogP contribution in [-0.4, -0.2) is 22.0 Å². The van der Waals surface area contributed by atoms with Crippen molar-refractivity contribution in [1.29, 1.82) is 0 Å². The molecular weight excluding hydrogens is 270 g/mol. The molecule has 0 saturated heterocycles. The molecule has 1 aromatic heterocycles. The van der Waals surface area contributed by atoms with E-state index in [2.05, 4.69) is 6.07 Å². The molecule has 2 rings (SSSR count). The van der Waals surface area contributed by atoms with Crippen molar-refractivity contribution in [3.63, 3.8) is 0 Å². The average molecular weight is 291 g/mol. The van der Waals surface area contributed by atoms with Crippen LogP contribution in [0.15, 0.2) is 40.0 Å². The number of fused-ring (bicyclic) bond motifs is 1. The van der Waals surface area contributed by atoms with Gasteiger partial charge in [0.25, 0.3) is 5.56 Å². The predicted molar refractivity (Wildman–Crippen MR) is 85.5 cm³/mol. The van der Waals surface area contributed by atoms with Gasteiger partial charge in [0.15, 0.2) is 0 Å². The highest BCUT2D eigenvalue weighted by molar-refractivity contribution is 7.99. The van der Waals surface area contributed by atoms with Gasteiger partial charge in [0.1, 0.15) is 0 Å². The summed E-state index contributed by atoms with van der Waals surface area (Å²) in [6.45, 7) is 0.284.